The van der Waals surface area contributed by atoms with E-state index in [-0.39, 0.29) is 11.5 Å². The fraction of sp³-hybridized carbons (Fsp3) is 0.538. The van der Waals surface area contributed by atoms with Gasteiger partial charge in [-0.2, -0.15) is 0 Å². The van der Waals surface area contributed by atoms with Gasteiger partial charge in [-0.25, -0.2) is 0 Å². The summed E-state index contributed by atoms with van der Waals surface area (Å²) in [6.07, 6.45) is 0. The van der Waals surface area contributed by atoms with Gasteiger partial charge in [0.25, 0.3) is 0 Å². The number of phenols is 1. The van der Waals surface area contributed by atoms with Crippen LogP contribution in [0.15, 0.2) is 12.1 Å². The fourth-order valence-corrected chi connectivity index (χ4v) is 1.88. The third-order valence-corrected chi connectivity index (χ3v) is 2.82. The smallest absolute Gasteiger partial charge is 0.116 e. The van der Waals surface area contributed by atoms with Gasteiger partial charge in [-0.05, 0) is 48.1 Å². The van der Waals surface area contributed by atoms with Crippen LogP contribution >= 0.6 is 0 Å². The molecule has 0 bridgehead atoms. The van der Waals surface area contributed by atoms with Crippen LogP contribution in [0, 0.1) is 19.3 Å². The molecule has 2 nitrogen and oxygen atoms in total. The average Bonchev–Trinajstić information content (AvgIpc) is 1.99. The molecular formula is C13H21NO. The molecule has 0 aromatic heterocycles. The van der Waals surface area contributed by atoms with E-state index in [1.54, 1.807) is 12.1 Å². The minimum absolute atomic E-state index is 0.00176. The van der Waals surface area contributed by atoms with E-state index in [1.807, 2.05) is 13.8 Å². The van der Waals surface area contributed by atoms with Crippen molar-refractivity contribution in [2.24, 2.45) is 11.1 Å². The summed E-state index contributed by atoms with van der Waals surface area (Å²) in [4.78, 5) is 0. The lowest BCUT2D eigenvalue weighted by Gasteiger charge is -2.30. The van der Waals surface area contributed by atoms with Gasteiger partial charge in [-0.15, -0.1) is 0 Å². The van der Waals surface area contributed by atoms with Gasteiger partial charge in [0.15, 0.2) is 0 Å². The minimum atomic E-state index is -0.00176. The van der Waals surface area contributed by atoms with E-state index in [1.165, 1.54) is 0 Å². The summed E-state index contributed by atoms with van der Waals surface area (Å²) in [5.74, 6) is 0.315. The summed E-state index contributed by atoms with van der Waals surface area (Å²) in [5.41, 5.74) is 9.56. The molecule has 0 fully saturated rings. The largest absolute Gasteiger partial charge is 0.508 e. The molecule has 0 aliphatic rings. The number of benzene rings is 1. The highest BCUT2D eigenvalue weighted by molar-refractivity contribution is 5.42. The second-order valence-corrected chi connectivity index (χ2v) is 5.34. The predicted octanol–water partition coefficient (Wildman–Crippen LogP) is 3.05. The molecule has 1 rings (SSSR count). The first kappa shape index (κ1) is 12.1. The third kappa shape index (κ3) is 2.51. The number of phenolic OH excluding ortho intramolecular Hbond substituents is 1. The molecule has 84 valence electrons. The zero-order chi connectivity index (χ0) is 11.8. The summed E-state index contributed by atoms with van der Waals surface area (Å²) in [6.45, 7) is 10.4. The molecule has 0 radical (unpaired) electrons. The molecule has 15 heavy (non-hydrogen) atoms. The monoisotopic (exact) mass is 207 g/mol. The zero-order valence-electron chi connectivity index (χ0n) is 10.3. The number of hydrogen-bond acceptors (Lipinski definition) is 2. The van der Waals surface area contributed by atoms with E-state index in [0.717, 1.165) is 16.7 Å². The number of hydrogen-bond donors (Lipinski definition) is 2. The van der Waals surface area contributed by atoms with Crippen LogP contribution in [0.5, 0.6) is 5.75 Å². The molecule has 3 N–H and O–H groups in total. The Morgan fingerprint density at radius 1 is 1.13 bits per heavy atom. The van der Waals surface area contributed by atoms with Crippen LogP contribution in [-0.4, -0.2) is 5.11 Å². The van der Waals surface area contributed by atoms with Crippen molar-refractivity contribution in [1.82, 2.24) is 0 Å². The normalized spacial score (nSPS) is 14.0. The van der Waals surface area contributed by atoms with Crippen molar-refractivity contribution >= 4 is 0 Å². The Bertz CT molecular complexity index is 340. The lowest BCUT2D eigenvalue weighted by Crippen LogP contribution is -2.27. The van der Waals surface area contributed by atoms with Crippen molar-refractivity contribution in [3.8, 4) is 5.75 Å². The van der Waals surface area contributed by atoms with Gasteiger partial charge in [-0.3, -0.25) is 0 Å². The number of aromatic hydroxyl groups is 1. The molecule has 0 unspecified atom stereocenters. The number of nitrogens with two attached hydrogens (primary N) is 1. The molecule has 1 atom stereocenters. The molecular weight excluding hydrogens is 186 g/mol. The molecule has 0 saturated carbocycles. The van der Waals surface area contributed by atoms with Gasteiger partial charge in [0.2, 0.25) is 0 Å². The summed E-state index contributed by atoms with van der Waals surface area (Å²) in [5, 5.41) is 9.46. The zero-order valence-corrected chi connectivity index (χ0v) is 10.3. The summed E-state index contributed by atoms with van der Waals surface area (Å²) < 4.78 is 0. The maximum Gasteiger partial charge on any atom is 0.116 e. The van der Waals surface area contributed by atoms with Crippen LogP contribution in [0.2, 0.25) is 0 Å². The lowest BCUT2D eigenvalue weighted by molar-refractivity contribution is 0.324. The first-order chi connectivity index (χ1) is 6.73. The van der Waals surface area contributed by atoms with Crippen molar-refractivity contribution in [2.75, 3.05) is 0 Å². The maximum absolute atomic E-state index is 9.46. The maximum atomic E-state index is 9.46. The highest BCUT2D eigenvalue weighted by atomic mass is 16.3. The van der Waals surface area contributed by atoms with Gasteiger partial charge >= 0.3 is 0 Å². The summed E-state index contributed by atoms with van der Waals surface area (Å²) >= 11 is 0. The topological polar surface area (TPSA) is 46.2 Å². The van der Waals surface area contributed by atoms with Gasteiger partial charge < -0.3 is 10.8 Å². The van der Waals surface area contributed by atoms with Crippen molar-refractivity contribution in [3.05, 3.63) is 28.8 Å². The Morgan fingerprint density at radius 2 is 1.53 bits per heavy atom. The van der Waals surface area contributed by atoms with Crippen LogP contribution in [0.4, 0.5) is 0 Å². The molecule has 0 spiro atoms. The van der Waals surface area contributed by atoms with E-state index >= 15 is 0 Å². The Labute approximate surface area is 92.1 Å². The first-order valence-corrected chi connectivity index (χ1v) is 5.29. The molecule has 0 aliphatic carbocycles. The summed E-state index contributed by atoms with van der Waals surface area (Å²) in [6, 6.07) is 3.54. The standard InChI is InChI=1S/C13H21NO/c1-8-6-10(15)7-9(2)11(8)12(14)13(3,4)5/h6-7,12,15H,14H2,1-5H3/t12-/m1/s1. The Morgan fingerprint density at radius 3 is 1.87 bits per heavy atom. The number of aryl methyl sites for hydroxylation is 2. The molecule has 0 heterocycles. The van der Waals surface area contributed by atoms with Crippen LogP contribution < -0.4 is 5.73 Å². The molecule has 0 saturated heterocycles. The van der Waals surface area contributed by atoms with Gasteiger partial charge in [0, 0.05) is 6.04 Å². The quantitative estimate of drug-likeness (QED) is 0.743. The van der Waals surface area contributed by atoms with E-state index in [2.05, 4.69) is 20.8 Å². The van der Waals surface area contributed by atoms with E-state index in [9.17, 15) is 5.11 Å². The Balaban J connectivity index is 3.26. The van der Waals surface area contributed by atoms with Gasteiger partial charge in [-0.1, -0.05) is 20.8 Å². The SMILES string of the molecule is Cc1cc(O)cc(C)c1[C@@H](N)C(C)(C)C. The predicted molar refractivity (Wildman–Crippen MR) is 64.0 cm³/mol. The minimum Gasteiger partial charge on any atom is -0.508 e. The van der Waals surface area contributed by atoms with Crippen molar-refractivity contribution in [1.29, 1.82) is 0 Å². The molecule has 1 aromatic rings. The van der Waals surface area contributed by atoms with Crippen LogP contribution in [0.25, 0.3) is 0 Å². The van der Waals surface area contributed by atoms with E-state index in [4.69, 9.17) is 5.73 Å². The van der Waals surface area contributed by atoms with Crippen molar-refractivity contribution < 1.29 is 5.11 Å². The van der Waals surface area contributed by atoms with Crippen LogP contribution in [-0.2, 0) is 0 Å². The lowest BCUT2D eigenvalue weighted by atomic mass is 9.80. The Kier molecular flexibility index (Phi) is 3.10. The van der Waals surface area contributed by atoms with Crippen LogP contribution in [0.3, 0.4) is 0 Å². The summed E-state index contributed by atoms with van der Waals surface area (Å²) in [7, 11) is 0. The highest BCUT2D eigenvalue weighted by Gasteiger charge is 2.25. The fourth-order valence-electron chi connectivity index (χ4n) is 1.88. The van der Waals surface area contributed by atoms with Gasteiger partial charge in [0.1, 0.15) is 5.75 Å². The van der Waals surface area contributed by atoms with Crippen LogP contribution in [0.1, 0.15) is 43.5 Å². The molecule has 2 heteroatoms. The third-order valence-electron chi connectivity index (χ3n) is 2.82. The molecule has 1 aromatic carbocycles. The van der Waals surface area contributed by atoms with E-state index in [0.29, 0.717) is 5.75 Å². The van der Waals surface area contributed by atoms with Crippen molar-refractivity contribution in [2.45, 2.75) is 40.7 Å². The van der Waals surface area contributed by atoms with Gasteiger partial charge in [0.05, 0.1) is 0 Å². The first-order valence-electron chi connectivity index (χ1n) is 5.29. The molecule has 0 aliphatic heterocycles. The molecule has 0 amide bonds. The highest BCUT2D eigenvalue weighted by Crippen LogP contribution is 2.35. The number of rotatable bonds is 1. The van der Waals surface area contributed by atoms with Crippen molar-refractivity contribution in [3.63, 3.8) is 0 Å². The second-order valence-electron chi connectivity index (χ2n) is 5.34. The Hall–Kier alpha value is -1.02. The van der Waals surface area contributed by atoms with E-state index < -0.39 is 0 Å². The second kappa shape index (κ2) is 3.86. The average molecular weight is 207 g/mol.